The van der Waals surface area contributed by atoms with Crippen LogP contribution in [-0.2, 0) is 0 Å². The highest BCUT2D eigenvalue weighted by Crippen LogP contribution is 2.33. The third-order valence-corrected chi connectivity index (χ3v) is 3.90. The molecule has 0 saturated carbocycles. The number of furan rings is 1. The Balaban J connectivity index is 2.33. The molecule has 0 aliphatic carbocycles. The van der Waals surface area contributed by atoms with Crippen LogP contribution in [-0.4, -0.2) is 16.7 Å². The summed E-state index contributed by atoms with van der Waals surface area (Å²) in [6.07, 6.45) is 1.54. The van der Waals surface area contributed by atoms with Gasteiger partial charge in [-0.05, 0) is 48.1 Å². The predicted octanol–water partition coefficient (Wildman–Crippen LogP) is 4.39. The molecule has 24 heavy (non-hydrogen) atoms. The third kappa shape index (κ3) is 3.85. The number of benzene rings is 1. The molecule has 1 aromatic heterocycles. The molecule has 1 aromatic carbocycles. The zero-order valence-corrected chi connectivity index (χ0v) is 14.8. The minimum absolute atomic E-state index is 0.0118. The van der Waals surface area contributed by atoms with Crippen LogP contribution in [0.2, 0.25) is 0 Å². The van der Waals surface area contributed by atoms with Gasteiger partial charge in [0.1, 0.15) is 17.2 Å². The average Bonchev–Trinajstić information content (AvgIpc) is 3.06. The van der Waals surface area contributed by atoms with Crippen LogP contribution in [0.5, 0.6) is 5.75 Å². The van der Waals surface area contributed by atoms with E-state index >= 15 is 0 Å². The topological polar surface area (TPSA) is 74.8 Å². The van der Waals surface area contributed by atoms with Gasteiger partial charge in [0.05, 0.1) is 11.8 Å². The number of phenolic OH excluding ortho intramolecular Hbond substituents is 1. The SMILES string of the molecule is C/C(=N/NC(=O)c1cc(C(C)C)cc(C(C)C)c1O)c1ccco1. The average molecular weight is 328 g/mol. The lowest BCUT2D eigenvalue weighted by Crippen LogP contribution is -2.20. The highest BCUT2D eigenvalue weighted by atomic mass is 16.3. The molecule has 1 heterocycles. The standard InChI is InChI=1S/C19H24N2O3/c1-11(2)14-9-15(12(3)4)18(22)16(10-14)19(23)21-20-13(5)17-7-6-8-24-17/h6-12,22H,1-5H3,(H,21,23)/b20-13-. The van der Waals surface area contributed by atoms with Gasteiger partial charge in [-0.25, -0.2) is 5.43 Å². The second-order valence-electron chi connectivity index (χ2n) is 6.43. The molecule has 0 saturated heterocycles. The second-order valence-corrected chi connectivity index (χ2v) is 6.43. The Morgan fingerprint density at radius 1 is 1.21 bits per heavy atom. The van der Waals surface area contributed by atoms with Gasteiger partial charge in [0.15, 0.2) is 0 Å². The van der Waals surface area contributed by atoms with Gasteiger partial charge in [-0.2, -0.15) is 5.10 Å². The van der Waals surface area contributed by atoms with E-state index in [2.05, 4.69) is 24.4 Å². The first-order chi connectivity index (χ1) is 11.3. The Kier molecular flexibility index (Phi) is 5.44. The number of nitrogens with zero attached hydrogens (tertiary/aromatic N) is 1. The van der Waals surface area contributed by atoms with E-state index in [9.17, 15) is 9.90 Å². The third-order valence-electron chi connectivity index (χ3n) is 3.90. The summed E-state index contributed by atoms with van der Waals surface area (Å²) in [6.45, 7) is 9.82. The van der Waals surface area contributed by atoms with E-state index in [4.69, 9.17) is 4.42 Å². The number of hydrogen-bond donors (Lipinski definition) is 2. The highest BCUT2D eigenvalue weighted by molar-refractivity contribution is 6.00. The number of phenols is 1. The van der Waals surface area contributed by atoms with Crippen LogP contribution in [0.3, 0.4) is 0 Å². The summed E-state index contributed by atoms with van der Waals surface area (Å²) >= 11 is 0. The zero-order chi connectivity index (χ0) is 17.9. The van der Waals surface area contributed by atoms with E-state index in [-0.39, 0.29) is 23.1 Å². The zero-order valence-electron chi connectivity index (χ0n) is 14.8. The van der Waals surface area contributed by atoms with Crippen LogP contribution in [0.4, 0.5) is 0 Å². The molecular formula is C19H24N2O3. The number of carbonyl (C=O) groups excluding carboxylic acids is 1. The Bertz CT molecular complexity index is 744. The van der Waals surface area contributed by atoms with Crippen molar-refractivity contribution in [3.05, 3.63) is 53.0 Å². The molecule has 0 aliphatic rings. The first-order valence-electron chi connectivity index (χ1n) is 8.06. The Hall–Kier alpha value is -2.56. The summed E-state index contributed by atoms with van der Waals surface area (Å²) in [6, 6.07) is 7.19. The highest BCUT2D eigenvalue weighted by Gasteiger charge is 2.19. The molecule has 0 aliphatic heterocycles. The summed E-state index contributed by atoms with van der Waals surface area (Å²) in [7, 11) is 0. The monoisotopic (exact) mass is 328 g/mol. The maximum Gasteiger partial charge on any atom is 0.275 e. The van der Waals surface area contributed by atoms with Crippen molar-refractivity contribution in [1.29, 1.82) is 0 Å². The van der Waals surface area contributed by atoms with Crippen molar-refractivity contribution in [2.24, 2.45) is 5.10 Å². The summed E-state index contributed by atoms with van der Waals surface area (Å²) in [5.74, 6) is 0.519. The van der Waals surface area contributed by atoms with Gasteiger partial charge in [0.2, 0.25) is 0 Å². The lowest BCUT2D eigenvalue weighted by molar-refractivity contribution is 0.0952. The minimum Gasteiger partial charge on any atom is -0.507 e. The van der Waals surface area contributed by atoms with Crippen LogP contribution in [0, 0.1) is 0 Å². The van der Waals surface area contributed by atoms with E-state index in [1.807, 2.05) is 19.9 Å². The Morgan fingerprint density at radius 2 is 1.92 bits per heavy atom. The van der Waals surface area contributed by atoms with Gasteiger partial charge >= 0.3 is 0 Å². The quantitative estimate of drug-likeness (QED) is 0.631. The summed E-state index contributed by atoms with van der Waals surface area (Å²) < 4.78 is 5.23. The number of carbonyl (C=O) groups is 1. The molecule has 1 amide bonds. The van der Waals surface area contributed by atoms with Crippen molar-refractivity contribution in [3.8, 4) is 5.75 Å². The van der Waals surface area contributed by atoms with Crippen LogP contribution in [0.1, 0.15) is 73.7 Å². The molecule has 0 atom stereocenters. The number of nitrogens with one attached hydrogen (secondary N) is 1. The van der Waals surface area contributed by atoms with Gasteiger partial charge in [0, 0.05) is 0 Å². The molecule has 0 fully saturated rings. The second kappa shape index (κ2) is 7.34. The largest absolute Gasteiger partial charge is 0.507 e. The van der Waals surface area contributed by atoms with Crippen molar-refractivity contribution in [1.82, 2.24) is 5.43 Å². The van der Waals surface area contributed by atoms with Crippen LogP contribution < -0.4 is 5.43 Å². The van der Waals surface area contributed by atoms with Gasteiger partial charge in [-0.3, -0.25) is 4.79 Å². The van der Waals surface area contributed by atoms with Gasteiger partial charge < -0.3 is 9.52 Å². The van der Waals surface area contributed by atoms with E-state index in [0.29, 0.717) is 11.5 Å². The number of amides is 1. The summed E-state index contributed by atoms with van der Waals surface area (Å²) in [5.41, 5.74) is 5.05. The molecule has 5 heteroatoms. The molecule has 2 N–H and O–H groups in total. The van der Waals surface area contributed by atoms with Gasteiger partial charge in [-0.15, -0.1) is 0 Å². The fourth-order valence-electron chi connectivity index (χ4n) is 2.36. The summed E-state index contributed by atoms with van der Waals surface area (Å²) in [4.78, 5) is 12.5. The molecule has 0 spiro atoms. The number of hydrazone groups is 1. The van der Waals surface area contributed by atoms with Crippen LogP contribution in [0.25, 0.3) is 0 Å². The number of hydrogen-bond acceptors (Lipinski definition) is 4. The fourth-order valence-corrected chi connectivity index (χ4v) is 2.36. The minimum atomic E-state index is -0.442. The van der Waals surface area contributed by atoms with E-state index < -0.39 is 5.91 Å². The maximum atomic E-state index is 12.5. The number of rotatable bonds is 5. The van der Waals surface area contributed by atoms with Crippen molar-refractivity contribution in [2.45, 2.75) is 46.5 Å². The molecule has 2 aromatic rings. The predicted molar refractivity (Wildman–Crippen MR) is 94.7 cm³/mol. The van der Waals surface area contributed by atoms with Crippen LogP contribution in [0.15, 0.2) is 40.0 Å². The molecule has 0 bridgehead atoms. The number of aromatic hydroxyl groups is 1. The van der Waals surface area contributed by atoms with Crippen LogP contribution >= 0.6 is 0 Å². The Labute approximate surface area is 142 Å². The Morgan fingerprint density at radius 3 is 2.46 bits per heavy atom. The fraction of sp³-hybridized carbons (Fsp3) is 0.368. The molecule has 0 radical (unpaired) electrons. The smallest absolute Gasteiger partial charge is 0.275 e. The molecule has 128 valence electrons. The lowest BCUT2D eigenvalue weighted by Gasteiger charge is -2.16. The van der Waals surface area contributed by atoms with Crippen molar-refractivity contribution in [3.63, 3.8) is 0 Å². The molecule has 5 nitrogen and oxygen atoms in total. The lowest BCUT2D eigenvalue weighted by atomic mass is 9.92. The summed E-state index contributed by atoms with van der Waals surface area (Å²) in [5, 5.41) is 14.5. The normalized spacial score (nSPS) is 12.0. The van der Waals surface area contributed by atoms with E-state index in [1.165, 1.54) is 0 Å². The maximum absolute atomic E-state index is 12.5. The van der Waals surface area contributed by atoms with E-state index in [0.717, 1.165) is 11.1 Å². The van der Waals surface area contributed by atoms with E-state index in [1.54, 1.807) is 31.4 Å². The molecule has 2 rings (SSSR count). The van der Waals surface area contributed by atoms with Gasteiger partial charge in [0.25, 0.3) is 5.91 Å². The first-order valence-corrected chi connectivity index (χ1v) is 8.06. The van der Waals surface area contributed by atoms with Crippen molar-refractivity contribution >= 4 is 11.6 Å². The molecule has 0 unspecified atom stereocenters. The molecular weight excluding hydrogens is 304 g/mol. The van der Waals surface area contributed by atoms with Crippen molar-refractivity contribution < 1.29 is 14.3 Å². The first kappa shape index (κ1) is 17.8. The van der Waals surface area contributed by atoms with Crippen molar-refractivity contribution in [2.75, 3.05) is 0 Å². The van der Waals surface area contributed by atoms with Gasteiger partial charge in [-0.1, -0.05) is 33.8 Å².